The van der Waals surface area contributed by atoms with E-state index in [-0.39, 0.29) is 11.7 Å². The van der Waals surface area contributed by atoms with Crippen molar-refractivity contribution in [3.63, 3.8) is 0 Å². The van der Waals surface area contributed by atoms with E-state index < -0.39 is 0 Å². The van der Waals surface area contributed by atoms with Gasteiger partial charge in [0.05, 0.1) is 7.11 Å². The largest absolute Gasteiger partial charge is 0.497 e. The average Bonchev–Trinajstić information content (AvgIpc) is 3.12. The van der Waals surface area contributed by atoms with Crippen molar-refractivity contribution in [1.82, 2.24) is 4.98 Å². The van der Waals surface area contributed by atoms with Crippen LogP contribution in [0.3, 0.4) is 0 Å². The molecule has 27 heavy (non-hydrogen) atoms. The number of nitrogens with one attached hydrogen (secondary N) is 1. The maximum absolute atomic E-state index is 13.0. The van der Waals surface area contributed by atoms with Gasteiger partial charge in [0, 0.05) is 22.9 Å². The highest BCUT2D eigenvalue weighted by Crippen LogP contribution is 2.28. The van der Waals surface area contributed by atoms with Crippen molar-refractivity contribution in [2.75, 3.05) is 12.4 Å². The topological polar surface area (TPSA) is 64.4 Å². The Kier molecular flexibility index (Phi) is 4.30. The van der Waals surface area contributed by atoms with E-state index >= 15 is 0 Å². The van der Waals surface area contributed by atoms with Gasteiger partial charge in [0.15, 0.2) is 5.58 Å². The van der Waals surface area contributed by atoms with E-state index in [9.17, 15) is 9.18 Å². The first-order chi connectivity index (χ1) is 13.1. The Hall–Kier alpha value is -3.67. The zero-order valence-corrected chi connectivity index (χ0v) is 14.4. The van der Waals surface area contributed by atoms with Crippen molar-refractivity contribution < 1.29 is 18.3 Å². The SMILES string of the molecule is COc1cccc(-c2nc3ccc(NC(=O)c4ccc(F)cc4)cc3o2)c1. The number of fused-ring (bicyclic) bond motifs is 1. The summed E-state index contributed by atoms with van der Waals surface area (Å²) in [6, 6.07) is 18.0. The maximum atomic E-state index is 13.0. The van der Waals surface area contributed by atoms with Gasteiger partial charge >= 0.3 is 0 Å². The van der Waals surface area contributed by atoms with Gasteiger partial charge in [-0.3, -0.25) is 4.79 Å². The van der Waals surface area contributed by atoms with Gasteiger partial charge in [0.25, 0.3) is 5.91 Å². The predicted molar refractivity (Wildman–Crippen MR) is 100 cm³/mol. The Bertz CT molecular complexity index is 1120. The number of oxazole rings is 1. The number of methoxy groups -OCH3 is 1. The summed E-state index contributed by atoms with van der Waals surface area (Å²) in [6.07, 6.45) is 0. The summed E-state index contributed by atoms with van der Waals surface area (Å²) in [5.41, 5.74) is 2.94. The van der Waals surface area contributed by atoms with Crippen LogP contribution < -0.4 is 10.1 Å². The highest BCUT2D eigenvalue weighted by molar-refractivity contribution is 6.04. The fourth-order valence-electron chi connectivity index (χ4n) is 2.69. The third kappa shape index (κ3) is 3.50. The zero-order valence-electron chi connectivity index (χ0n) is 14.4. The molecule has 0 saturated heterocycles. The molecule has 3 aromatic carbocycles. The Morgan fingerprint density at radius 2 is 1.89 bits per heavy atom. The quantitative estimate of drug-likeness (QED) is 0.561. The summed E-state index contributed by atoms with van der Waals surface area (Å²) in [6.45, 7) is 0. The van der Waals surface area contributed by atoms with Crippen LogP contribution in [0.1, 0.15) is 10.4 Å². The van der Waals surface area contributed by atoms with E-state index in [0.29, 0.717) is 34.0 Å². The molecule has 134 valence electrons. The van der Waals surface area contributed by atoms with Gasteiger partial charge in [-0.05, 0) is 54.6 Å². The van der Waals surface area contributed by atoms with Crippen molar-refractivity contribution >= 4 is 22.7 Å². The lowest BCUT2D eigenvalue weighted by molar-refractivity contribution is 0.102. The van der Waals surface area contributed by atoms with Crippen LogP contribution in [-0.4, -0.2) is 18.0 Å². The van der Waals surface area contributed by atoms with Crippen LogP contribution in [0.5, 0.6) is 5.75 Å². The van der Waals surface area contributed by atoms with Crippen LogP contribution in [0.2, 0.25) is 0 Å². The lowest BCUT2D eigenvalue weighted by atomic mass is 10.2. The fourth-order valence-corrected chi connectivity index (χ4v) is 2.69. The monoisotopic (exact) mass is 362 g/mol. The molecule has 4 aromatic rings. The van der Waals surface area contributed by atoms with E-state index in [0.717, 1.165) is 5.56 Å². The number of halogens is 1. The standard InChI is InChI=1S/C21H15FN2O3/c1-26-17-4-2-3-14(11-17)21-24-18-10-9-16(12-19(18)27-21)23-20(25)13-5-7-15(22)8-6-13/h2-12H,1H3,(H,23,25). The lowest BCUT2D eigenvalue weighted by Crippen LogP contribution is -2.11. The number of aromatic nitrogens is 1. The van der Waals surface area contributed by atoms with E-state index in [2.05, 4.69) is 10.3 Å². The minimum Gasteiger partial charge on any atom is -0.497 e. The average molecular weight is 362 g/mol. The summed E-state index contributed by atoms with van der Waals surface area (Å²) in [4.78, 5) is 16.7. The molecule has 0 unspecified atom stereocenters. The number of amides is 1. The molecule has 0 spiro atoms. The normalized spacial score (nSPS) is 10.7. The molecule has 1 amide bonds. The molecule has 0 fully saturated rings. The van der Waals surface area contributed by atoms with Crippen LogP contribution in [0.25, 0.3) is 22.6 Å². The van der Waals surface area contributed by atoms with Crippen molar-refractivity contribution in [1.29, 1.82) is 0 Å². The minimum atomic E-state index is -0.389. The highest BCUT2D eigenvalue weighted by atomic mass is 19.1. The van der Waals surface area contributed by atoms with Crippen molar-refractivity contribution in [2.24, 2.45) is 0 Å². The fraction of sp³-hybridized carbons (Fsp3) is 0.0476. The first kappa shape index (κ1) is 16.8. The molecule has 1 N–H and O–H groups in total. The second-order valence-corrected chi connectivity index (χ2v) is 5.89. The van der Waals surface area contributed by atoms with Gasteiger partial charge in [-0.1, -0.05) is 6.07 Å². The number of anilines is 1. The molecule has 0 aliphatic carbocycles. The summed E-state index contributed by atoms with van der Waals surface area (Å²) in [5.74, 6) is 0.453. The second-order valence-electron chi connectivity index (χ2n) is 5.89. The summed E-state index contributed by atoms with van der Waals surface area (Å²) in [5, 5.41) is 2.77. The molecule has 0 aliphatic rings. The minimum absolute atomic E-state index is 0.332. The predicted octanol–water partition coefficient (Wildman–Crippen LogP) is 4.89. The van der Waals surface area contributed by atoms with Crippen LogP contribution in [-0.2, 0) is 0 Å². The number of carbonyl (C=O) groups is 1. The van der Waals surface area contributed by atoms with Gasteiger partial charge in [0.2, 0.25) is 5.89 Å². The molecule has 1 heterocycles. The molecule has 4 rings (SSSR count). The molecule has 0 aliphatic heterocycles. The van der Waals surface area contributed by atoms with Gasteiger partial charge < -0.3 is 14.5 Å². The Morgan fingerprint density at radius 1 is 1.07 bits per heavy atom. The van der Waals surface area contributed by atoms with E-state index in [1.807, 2.05) is 24.3 Å². The lowest BCUT2D eigenvalue weighted by Gasteiger charge is -2.04. The zero-order chi connectivity index (χ0) is 18.8. The number of rotatable bonds is 4. The Labute approximate surface area is 154 Å². The number of ether oxygens (including phenoxy) is 1. The Balaban J connectivity index is 1.60. The molecule has 0 bridgehead atoms. The second kappa shape index (κ2) is 6.92. The number of nitrogens with zero attached hydrogens (tertiary/aromatic N) is 1. The van der Waals surface area contributed by atoms with E-state index in [1.54, 1.807) is 25.3 Å². The van der Waals surface area contributed by atoms with E-state index in [4.69, 9.17) is 9.15 Å². The molecule has 0 radical (unpaired) electrons. The number of benzene rings is 3. The van der Waals surface area contributed by atoms with Crippen molar-refractivity contribution in [3.05, 3.63) is 78.1 Å². The summed E-state index contributed by atoms with van der Waals surface area (Å²) < 4.78 is 24.0. The van der Waals surface area contributed by atoms with Crippen molar-refractivity contribution in [2.45, 2.75) is 0 Å². The Morgan fingerprint density at radius 3 is 2.67 bits per heavy atom. The van der Waals surface area contributed by atoms with Crippen LogP contribution in [0.4, 0.5) is 10.1 Å². The van der Waals surface area contributed by atoms with Crippen molar-refractivity contribution in [3.8, 4) is 17.2 Å². The van der Waals surface area contributed by atoms with Gasteiger partial charge in [-0.2, -0.15) is 0 Å². The third-order valence-electron chi connectivity index (χ3n) is 4.07. The third-order valence-corrected chi connectivity index (χ3v) is 4.07. The van der Waals surface area contributed by atoms with Crippen LogP contribution >= 0.6 is 0 Å². The number of hydrogen-bond acceptors (Lipinski definition) is 4. The number of carbonyl (C=O) groups excluding carboxylic acids is 1. The molecular weight excluding hydrogens is 347 g/mol. The van der Waals surface area contributed by atoms with Gasteiger partial charge in [0.1, 0.15) is 17.1 Å². The first-order valence-corrected chi connectivity index (χ1v) is 8.24. The molecule has 5 nitrogen and oxygen atoms in total. The van der Waals surface area contributed by atoms with Gasteiger partial charge in [-0.15, -0.1) is 0 Å². The maximum Gasteiger partial charge on any atom is 0.255 e. The van der Waals surface area contributed by atoms with Crippen LogP contribution in [0, 0.1) is 5.82 Å². The number of hydrogen-bond donors (Lipinski definition) is 1. The first-order valence-electron chi connectivity index (χ1n) is 8.24. The molecule has 0 saturated carbocycles. The highest BCUT2D eigenvalue weighted by Gasteiger charge is 2.11. The molecule has 0 atom stereocenters. The summed E-state index contributed by atoms with van der Waals surface area (Å²) >= 11 is 0. The van der Waals surface area contributed by atoms with Crippen LogP contribution in [0.15, 0.2) is 71.1 Å². The smallest absolute Gasteiger partial charge is 0.255 e. The van der Waals surface area contributed by atoms with E-state index in [1.165, 1.54) is 24.3 Å². The van der Waals surface area contributed by atoms with Gasteiger partial charge in [-0.25, -0.2) is 9.37 Å². The molecule has 1 aromatic heterocycles. The molecular formula is C21H15FN2O3. The summed E-state index contributed by atoms with van der Waals surface area (Å²) in [7, 11) is 1.60. The molecule has 6 heteroatoms.